The molecule has 15 heteroatoms. The smallest absolute Gasteiger partial charge is 0.193 e. The zero-order valence-electron chi connectivity index (χ0n) is 49.1. The largest absolute Gasteiger partial charge is 0.417 e. The Morgan fingerprint density at radius 2 is 0.943 bits per heavy atom. The quantitative estimate of drug-likeness (QED) is 0.0261. The first-order valence-corrected chi connectivity index (χ1v) is 44.5. The Morgan fingerprint density at radius 3 is 1.36 bits per heavy atom. The average molecular weight is 1070 g/mol. The van der Waals surface area contributed by atoms with E-state index in [4.69, 9.17) is 46.7 Å². The molecule has 2 rings (SSSR count). The fourth-order valence-electron chi connectivity index (χ4n) is 7.52. The zero-order chi connectivity index (χ0) is 52.9. The van der Waals surface area contributed by atoms with Gasteiger partial charge in [-0.2, -0.15) is 0 Å². The van der Waals surface area contributed by atoms with Gasteiger partial charge in [0.2, 0.25) is 0 Å². The lowest BCUT2D eigenvalue weighted by Crippen LogP contribution is -2.47. The van der Waals surface area contributed by atoms with Gasteiger partial charge in [0.15, 0.2) is 16.6 Å². The van der Waals surface area contributed by atoms with Crippen LogP contribution >= 0.6 is 0 Å². The summed E-state index contributed by atoms with van der Waals surface area (Å²) >= 11 is 0. The predicted octanol–water partition coefficient (Wildman–Crippen LogP) is 15.2. The molecule has 0 saturated carbocycles. The Labute approximate surface area is 437 Å². The van der Waals surface area contributed by atoms with Crippen LogP contribution in [-0.2, 0) is 46.7 Å². The van der Waals surface area contributed by atoms with E-state index in [1.165, 1.54) is 0 Å². The summed E-state index contributed by atoms with van der Waals surface area (Å²) in [6.45, 7) is 50.4. The van der Waals surface area contributed by atoms with E-state index < -0.39 is 40.9 Å². The molecular weight excluding hydrogens is 961 g/mol. The molecule has 8 atom stereocenters. The average Bonchev–Trinajstić information content (AvgIpc) is 3.91. The Kier molecular flexibility index (Phi) is 29.4. The van der Waals surface area contributed by atoms with Crippen molar-refractivity contribution in [2.45, 2.75) is 268 Å². The van der Waals surface area contributed by atoms with Gasteiger partial charge in [-0.3, -0.25) is 0 Å². The SMILES string of the molecule is CC/C=C/[C@H](O[Si](C)(C)C(C)(C)C)[C@@H](CC/C=C/[C@@H](OCOCC[Si](C)(C)C)[C@H]1CC[C@H]([C@H]2CC[C@H]([C@@H](/C=C/CCCO[Si](C)(C)C(C)(C)C)OCOCC[Si](C)(C)C)O2)O1)OCOCC[Si](C)(C)C. The molecule has 0 amide bonds. The normalized spacial score (nSPS) is 22.3. The van der Waals surface area contributed by atoms with Crippen molar-refractivity contribution in [2.24, 2.45) is 0 Å². The number of hydrogen-bond donors (Lipinski definition) is 0. The van der Waals surface area contributed by atoms with Crippen LogP contribution < -0.4 is 0 Å². The van der Waals surface area contributed by atoms with Crippen molar-refractivity contribution in [1.29, 1.82) is 0 Å². The van der Waals surface area contributed by atoms with Crippen molar-refractivity contribution in [3.05, 3.63) is 36.5 Å². The van der Waals surface area contributed by atoms with Crippen LogP contribution in [0.15, 0.2) is 36.5 Å². The number of rotatable bonds is 36. The molecule has 2 saturated heterocycles. The molecule has 412 valence electrons. The van der Waals surface area contributed by atoms with Crippen LogP contribution in [0.1, 0.15) is 106 Å². The summed E-state index contributed by atoms with van der Waals surface area (Å²) in [7, 11) is -7.51. The molecule has 0 N–H and O–H groups in total. The minimum atomic E-state index is -2.10. The topological polar surface area (TPSA) is 92.3 Å². The third kappa shape index (κ3) is 27.6. The minimum absolute atomic E-state index is 0.00204. The molecule has 2 fully saturated rings. The molecule has 70 heavy (non-hydrogen) atoms. The monoisotopic (exact) mass is 1070 g/mol. The van der Waals surface area contributed by atoms with Gasteiger partial charge in [0.25, 0.3) is 0 Å². The van der Waals surface area contributed by atoms with E-state index in [1.54, 1.807) is 0 Å². The van der Waals surface area contributed by atoms with E-state index in [0.29, 0.717) is 6.61 Å². The third-order valence-corrected chi connectivity index (χ3v) is 28.7. The number of hydrogen-bond acceptors (Lipinski definition) is 10. The lowest BCUT2D eigenvalue weighted by molar-refractivity contribution is -0.146. The van der Waals surface area contributed by atoms with Gasteiger partial charge in [0.1, 0.15) is 32.6 Å². The Morgan fingerprint density at radius 1 is 0.514 bits per heavy atom. The standard InChI is InChI=1S/C55H112O10Si5/c1-21-22-28-53(65-70(19,20)55(5,6)7)48(61-45-58-39-42-68(14,15)16)31-26-25-30-47(60-44-57-38-41-67(11,12)13)50-33-35-52(64-50)51-34-32-49(63-51)46(59-43-56-37-40-66(8,9)10)29-24-23-27-36-62-69(17,18)54(2,3)4/h22,24-25,28-30,46-53H,21,23,26-27,31-45H2,1-20H3/b28-22+,29-24+,30-25+/t46-,47-,48-,49-,50-,51-,52-,53+/m1/s1. The molecule has 0 aromatic heterocycles. The molecule has 0 unspecified atom stereocenters. The second-order valence-corrected chi connectivity index (χ2v) is 53.4. The highest BCUT2D eigenvalue weighted by Crippen LogP contribution is 2.39. The van der Waals surface area contributed by atoms with Gasteiger partial charge >= 0.3 is 0 Å². The summed E-state index contributed by atoms with van der Waals surface area (Å²) in [6, 6.07) is 3.33. The van der Waals surface area contributed by atoms with Crippen LogP contribution in [0.5, 0.6) is 0 Å². The molecule has 10 nitrogen and oxygen atoms in total. The summed E-state index contributed by atoms with van der Waals surface area (Å²) in [5, 5.41) is 0.283. The van der Waals surface area contributed by atoms with Crippen LogP contribution in [0, 0.1) is 0 Å². The molecule has 0 spiro atoms. The molecule has 0 aromatic carbocycles. The molecule has 0 aromatic rings. The number of unbranched alkanes of at least 4 members (excludes halogenated alkanes) is 1. The highest BCUT2D eigenvalue weighted by molar-refractivity contribution is 6.77. The van der Waals surface area contributed by atoms with Crippen molar-refractivity contribution >= 4 is 40.9 Å². The van der Waals surface area contributed by atoms with Crippen LogP contribution in [-0.4, -0.2) is 136 Å². The van der Waals surface area contributed by atoms with E-state index in [0.717, 1.165) is 95.7 Å². The van der Waals surface area contributed by atoms with Gasteiger partial charge in [-0.1, -0.05) is 144 Å². The van der Waals surface area contributed by atoms with Crippen molar-refractivity contribution in [3.63, 3.8) is 0 Å². The highest BCUT2D eigenvalue weighted by atomic mass is 28.4. The van der Waals surface area contributed by atoms with Crippen LogP contribution in [0.4, 0.5) is 0 Å². The third-order valence-electron chi connectivity index (χ3n) is 14.6. The van der Waals surface area contributed by atoms with Crippen molar-refractivity contribution < 1.29 is 46.7 Å². The van der Waals surface area contributed by atoms with Crippen LogP contribution in [0.3, 0.4) is 0 Å². The lowest BCUT2D eigenvalue weighted by atomic mass is 10.0. The van der Waals surface area contributed by atoms with Crippen molar-refractivity contribution in [3.8, 4) is 0 Å². The zero-order valence-corrected chi connectivity index (χ0v) is 54.1. The van der Waals surface area contributed by atoms with Gasteiger partial charge < -0.3 is 46.7 Å². The fraction of sp³-hybridized carbons (Fsp3) is 0.891. The lowest BCUT2D eigenvalue weighted by Gasteiger charge is -2.40. The first-order chi connectivity index (χ1) is 32.3. The summed E-state index contributed by atoms with van der Waals surface area (Å²) in [5.41, 5.74) is 0. The first kappa shape index (κ1) is 66.0. The van der Waals surface area contributed by atoms with Gasteiger partial charge in [0.05, 0.1) is 36.6 Å². The fourth-order valence-corrected chi connectivity index (χ4v) is 12.1. The summed E-state index contributed by atoms with van der Waals surface area (Å²) in [5.74, 6) is 0. The molecule has 2 aliphatic rings. The molecular formula is C55H112O10Si5. The molecule has 0 bridgehead atoms. The Bertz CT molecular complexity index is 1490. The van der Waals surface area contributed by atoms with E-state index in [2.05, 4.69) is 170 Å². The minimum Gasteiger partial charge on any atom is -0.417 e. The second-order valence-electron chi connectivity index (χ2n) is 26.9. The van der Waals surface area contributed by atoms with Crippen molar-refractivity contribution in [1.82, 2.24) is 0 Å². The maximum atomic E-state index is 7.08. The van der Waals surface area contributed by atoms with Crippen molar-refractivity contribution in [2.75, 3.05) is 46.8 Å². The Balaban J connectivity index is 2.21. The van der Waals surface area contributed by atoms with E-state index in [-0.39, 0.29) is 79.3 Å². The van der Waals surface area contributed by atoms with Gasteiger partial charge in [-0.25, -0.2) is 0 Å². The van der Waals surface area contributed by atoms with Gasteiger partial charge in [-0.05, 0) is 112 Å². The summed E-state index contributed by atoms with van der Waals surface area (Å²) < 4.78 is 65.1. The number of ether oxygens (including phenoxy) is 8. The highest BCUT2D eigenvalue weighted by Gasteiger charge is 2.43. The predicted molar refractivity (Wildman–Crippen MR) is 309 cm³/mol. The van der Waals surface area contributed by atoms with E-state index >= 15 is 0 Å². The van der Waals surface area contributed by atoms with E-state index in [9.17, 15) is 0 Å². The molecule has 2 heterocycles. The van der Waals surface area contributed by atoms with Crippen LogP contribution in [0.25, 0.3) is 0 Å². The number of allylic oxidation sites excluding steroid dienone is 3. The van der Waals surface area contributed by atoms with E-state index in [1.807, 2.05) is 0 Å². The maximum absolute atomic E-state index is 7.08. The molecule has 0 radical (unpaired) electrons. The first-order valence-electron chi connectivity index (χ1n) is 27.5. The Hall–Kier alpha value is -0.0956. The summed E-state index contributed by atoms with van der Waals surface area (Å²) in [4.78, 5) is 0. The van der Waals surface area contributed by atoms with Gasteiger partial charge in [-0.15, -0.1) is 0 Å². The second kappa shape index (κ2) is 31.2. The molecule has 0 aliphatic carbocycles. The summed E-state index contributed by atoms with van der Waals surface area (Å²) in [6.07, 6.45) is 20.6. The molecule has 2 aliphatic heterocycles. The van der Waals surface area contributed by atoms with Crippen LogP contribution in [0.2, 0.25) is 113 Å². The maximum Gasteiger partial charge on any atom is 0.193 e. The van der Waals surface area contributed by atoms with Gasteiger partial charge in [0, 0.05) is 50.6 Å².